The number of imide groups is 1. The van der Waals surface area contributed by atoms with Crippen molar-refractivity contribution < 1.29 is 28.7 Å². The minimum atomic E-state index is -0.669. The number of ether oxygens (including phenoxy) is 2. The van der Waals surface area contributed by atoms with Crippen molar-refractivity contribution in [3.8, 4) is 5.75 Å². The van der Waals surface area contributed by atoms with Gasteiger partial charge < -0.3 is 14.8 Å². The summed E-state index contributed by atoms with van der Waals surface area (Å²) in [5, 5.41) is 2.48. The number of esters is 1. The SMILES string of the molecule is CCOC(=O)CN1C(=O)S/C(=C\c2cc(Br)ccc2OCC(=O)Nc2ccccc2Cl)C1=O. The van der Waals surface area contributed by atoms with Gasteiger partial charge in [0.2, 0.25) is 0 Å². The molecule has 11 heteroatoms. The number of rotatable bonds is 8. The van der Waals surface area contributed by atoms with E-state index in [0.29, 0.717) is 38.3 Å². The monoisotopic (exact) mass is 552 g/mol. The van der Waals surface area contributed by atoms with E-state index in [-0.39, 0.29) is 18.1 Å². The molecule has 33 heavy (non-hydrogen) atoms. The van der Waals surface area contributed by atoms with Crippen LogP contribution >= 0.6 is 39.3 Å². The first-order valence-electron chi connectivity index (χ1n) is 9.66. The number of hydrogen-bond donors (Lipinski definition) is 1. The summed E-state index contributed by atoms with van der Waals surface area (Å²) in [6.07, 6.45) is 1.47. The van der Waals surface area contributed by atoms with Crippen LogP contribution in [0.15, 0.2) is 51.8 Å². The molecule has 1 aliphatic heterocycles. The predicted molar refractivity (Wildman–Crippen MR) is 129 cm³/mol. The van der Waals surface area contributed by atoms with Crippen LogP contribution in [0.25, 0.3) is 6.08 Å². The van der Waals surface area contributed by atoms with Gasteiger partial charge >= 0.3 is 5.97 Å². The van der Waals surface area contributed by atoms with Gasteiger partial charge in [-0.25, -0.2) is 0 Å². The Morgan fingerprint density at radius 3 is 2.70 bits per heavy atom. The summed E-state index contributed by atoms with van der Waals surface area (Å²) in [6.45, 7) is 1.01. The number of carbonyl (C=O) groups is 4. The second kappa shape index (κ2) is 11.4. The standard InChI is InChI=1S/C22H18BrClN2O6S/c1-2-31-20(28)11-26-21(29)18(33-22(26)30)10-13-9-14(23)7-8-17(13)32-12-19(27)25-16-6-4-3-5-15(16)24/h3-10H,2,11-12H2,1H3,(H,25,27)/b18-10-. The Morgan fingerprint density at radius 2 is 1.97 bits per heavy atom. The Labute approximate surface area is 207 Å². The first kappa shape index (κ1) is 24.8. The lowest BCUT2D eigenvalue weighted by molar-refractivity contribution is -0.146. The zero-order valence-electron chi connectivity index (χ0n) is 17.3. The van der Waals surface area contributed by atoms with Crippen molar-refractivity contribution in [3.05, 3.63) is 62.4 Å². The number of hydrogen-bond acceptors (Lipinski definition) is 7. The van der Waals surface area contributed by atoms with Gasteiger partial charge in [-0.3, -0.25) is 24.1 Å². The molecular formula is C22H18BrClN2O6S. The summed E-state index contributed by atoms with van der Waals surface area (Å²) >= 11 is 10.1. The minimum Gasteiger partial charge on any atom is -0.483 e. The van der Waals surface area contributed by atoms with E-state index in [4.69, 9.17) is 21.1 Å². The fraction of sp³-hybridized carbons (Fsp3) is 0.182. The summed E-state index contributed by atoms with van der Waals surface area (Å²) in [6, 6.07) is 11.8. The molecule has 0 unspecified atom stereocenters. The van der Waals surface area contributed by atoms with Crippen molar-refractivity contribution in [1.29, 1.82) is 0 Å². The van der Waals surface area contributed by atoms with E-state index in [1.54, 1.807) is 49.4 Å². The van der Waals surface area contributed by atoms with Crippen LogP contribution in [0.3, 0.4) is 0 Å². The van der Waals surface area contributed by atoms with Crippen molar-refractivity contribution in [2.45, 2.75) is 6.92 Å². The molecular weight excluding hydrogens is 536 g/mol. The maximum Gasteiger partial charge on any atom is 0.326 e. The van der Waals surface area contributed by atoms with Crippen molar-refractivity contribution in [1.82, 2.24) is 4.90 Å². The molecule has 1 aliphatic rings. The molecule has 0 atom stereocenters. The predicted octanol–water partition coefficient (Wildman–Crippen LogP) is 4.72. The molecule has 0 spiro atoms. The molecule has 8 nitrogen and oxygen atoms in total. The number of nitrogens with one attached hydrogen (secondary N) is 1. The number of thioether (sulfide) groups is 1. The fourth-order valence-electron chi connectivity index (χ4n) is 2.77. The van der Waals surface area contributed by atoms with Gasteiger partial charge in [0.15, 0.2) is 6.61 Å². The molecule has 172 valence electrons. The molecule has 1 saturated heterocycles. The van der Waals surface area contributed by atoms with Gasteiger partial charge in [0.05, 0.1) is 22.2 Å². The first-order valence-corrected chi connectivity index (χ1v) is 11.6. The number of anilines is 1. The lowest BCUT2D eigenvalue weighted by Crippen LogP contribution is -2.34. The highest BCUT2D eigenvalue weighted by atomic mass is 79.9. The molecule has 0 saturated carbocycles. The van der Waals surface area contributed by atoms with Crippen LogP contribution in [0, 0.1) is 0 Å². The van der Waals surface area contributed by atoms with Gasteiger partial charge in [-0.1, -0.05) is 39.7 Å². The average Bonchev–Trinajstić information content (AvgIpc) is 3.02. The number of amides is 3. The second-order valence-electron chi connectivity index (χ2n) is 6.57. The smallest absolute Gasteiger partial charge is 0.326 e. The quantitative estimate of drug-likeness (QED) is 0.373. The van der Waals surface area contributed by atoms with Crippen LogP contribution in [0.1, 0.15) is 12.5 Å². The van der Waals surface area contributed by atoms with Gasteiger partial charge in [0.25, 0.3) is 17.1 Å². The third-order valence-electron chi connectivity index (χ3n) is 4.23. The number of carbonyl (C=O) groups excluding carboxylic acids is 4. The zero-order valence-corrected chi connectivity index (χ0v) is 20.5. The normalized spacial score (nSPS) is 14.5. The molecule has 1 heterocycles. The van der Waals surface area contributed by atoms with Gasteiger partial charge in [-0.15, -0.1) is 0 Å². The van der Waals surface area contributed by atoms with Gasteiger partial charge in [0, 0.05) is 10.0 Å². The third-order valence-corrected chi connectivity index (χ3v) is 5.96. The van der Waals surface area contributed by atoms with Crippen LogP contribution in [0.4, 0.5) is 10.5 Å². The topological polar surface area (TPSA) is 102 Å². The van der Waals surface area contributed by atoms with Gasteiger partial charge in [-0.05, 0) is 55.1 Å². The fourth-order valence-corrected chi connectivity index (χ4v) is 4.16. The average molecular weight is 554 g/mol. The summed E-state index contributed by atoms with van der Waals surface area (Å²) in [7, 11) is 0. The van der Waals surface area contributed by atoms with E-state index in [9.17, 15) is 19.2 Å². The Hall–Kier alpha value is -2.82. The molecule has 0 bridgehead atoms. The van der Waals surface area contributed by atoms with Crippen molar-refractivity contribution >= 4 is 74.1 Å². The second-order valence-corrected chi connectivity index (χ2v) is 8.89. The highest BCUT2D eigenvalue weighted by Crippen LogP contribution is 2.35. The van der Waals surface area contributed by atoms with Crippen molar-refractivity contribution in [3.63, 3.8) is 0 Å². The Balaban J connectivity index is 1.73. The maximum absolute atomic E-state index is 12.6. The van der Waals surface area contributed by atoms with Crippen molar-refractivity contribution in [2.24, 2.45) is 0 Å². The van der Waals surface area contributed by atoms with E-state index in [0.717, 1.165) is 4.90 Å². The summed E-state index contributed by atoms with van der Waals surface area (Å²) in [4.78, 5) is 49.8. The van der Waals surface area contributed by atoms with Crippen molar-refractivity contribution in [2.75, 3.05) is 25.1 Å². The Kier molecular flexibility index (Phi) is 8.54. The molecule has 2 aromatic carbocycles. The van der Waals surface area contributed by atoms with E-state index in [2.05, 4.69) is 21.2 Å². The van der Waals surface area contributed by atoms with Crippen LogP contribution in [0.2, 0.25) is 5.02 Å². The van der Waals surface area contributed by atoms with Crippen LogP contribution in [-0.2, 0) is 19.1 Å². The molecule has 3 amide bonds. The van der Waals surface area contributed by atoms with E-state index < -0.39 is 29.6 Å². The highest BCUT2D eigenvalue weighted by Gasteiger charge is 2.36. The molecule has 1 fully saturated rings. The molecule has 0 radical (unpaired) electrons. The molecule has 0 aliphatic carbocycles. The number of halogens is 2. The Bertz CT molecular complexity index is 1140. The van der Waals surface area contributed by atoms with E-state index in [1.807, 2.05) is 0 Å². The molecule has 1 N–H and O–H groups in total. The van der Waals surface area contributed by atoms with Crippen LogP contribution in [0.5, 0.6) is 5.75 Å². The lowest BCUT2D eigenvalue weighted by Gasteiger charge is -2.12. The maximum atomic E-state index is 12.6. The molecule has 0 aromatic heterocycles. The largest absolute Gasteiger partial charge is 0.483 e. The number of benzene rings is 2. The summed E-state index contributed by atoms with van der Waals surface area (Å²) in [5.41, 5.74) is 0.927. The van der Waals surface area contributed by atoms with E-state index in [1.165, 1.54) is 6.08 Å². The van der Waals surface area contributed by atoms with Gasteiger partial charge in [0.1, 0.15) is 12.3 Å². The van der Waals surface area contributed by atoms with Crippen LogP contribution in [-0.4, -0.2) is 47.7 Å². The van der Waals surface area contributed by atoms with Crippen LogP contribution < -0.4 is 10.1 Å². The summed E-state index contributed by atoms with van der Waals surface area (Å²) in [5.74, 6) is -1.38. The number of nitrogens with zero attached hydrogens (tertiary/aromatic N) is 1. The molecule has 2 aromatic rings. The third kappa shape index (κ3) is 6.59. The number of para-hydroxylation sites is 1. The lowest BCUT2D eigenvalue weighted by atomic mass is 10.2. The van der Waals surface area contributed by atoms with Gasteiger partial charge in [-0.2, -0.15) is 0 Å². The molecule has 3 rings (SSSR count). The minimum absolute atomic E-state index is 0.118. The summed E-state index contributed by atoms with van der Waals surface area (Å²) < 4.78 is 11.2. The Morgan fingerprint density at radius 1 is 1.21 bits per heavy atom. The first-order chi connectivity index (χ1) is 15.8. The zero-order chi connectivity index (χ0) is 24.0. The van der Waals surface area contributed by atoms with E-state index >= 15 is 0 Å². The highest BCUT2D eigenvalue weighted by molar-refractivity contribution is 9.10.